The molecule has 5 rings (SSSR count). The number of likely N-dealkylation sites (tertiary alicyclic amines) is 1. The van der Waals surface area contributed by atoms with Crippen LogP contribution in [0.4, 0.5) is 18.0 Å². The van der Waals surface area contributed by atoms with Crippen molar-refractivity contribution in [2.24, 2.45) is 0 Å². The van der Waals surface area contributed by atoms with Crippen LogP contribution in [0.3, 0.4) is 0 Å². The van der Waals surface area contributed by atoms with E-state index >= 15 is 13.2 Å². The summed E-state index contributed by atoms with van der Waals surface area (Å²) in [5.41, 5.74) is -2.49. The fourth-order valence-electron chi connectivity index (χ4n) is 6.30. The van der Waals surface area contributed by atoms with Gasteiger partial charge in [-0.3, -0.25) is 14.4 Å². The molecule has 0 bridgehead atoms. The maximum absolute atomic E-state index is 16.8. The third kappa shape index (κ3) is 8.72. The zero-order valence-corrected chi connectivity index (χ0v) is 29.3. The average Bonchev–Trinajstić information content (AvgIpc) is 3.56. The van der Waals surface area contributed by atoms with Crippen LogP contribution >= 0.6 is 0 Å². The van der Waals surface area contributed by atoms with Gasteiger partial charge in [0, 0.05) is 43.1 Å². The first-order valence-electron chi connectivity index (χ1n) is 16.8. The summed E-state index contributed by atoms with van der Waals surface area (Å²) in [6.45, 7) is 4.08. The second-order valence-corrected chi connectivity index (χ2v) is 13.9. The molecule has 0 spiro atoms. The van der Waals surface area contributed by atoms with Crippen molar-refractivity contribution >= 4 is 29.8 Å². The highest BCUT2D eigenvalue weighted by Crippen LogP contribution is 2.51. The second kappa shape index (κ2) is 15.1. The number of fused-ring (bicyclic) bond motifs is 3. The van der Waals surface area contributed by atoms with Gasteiger partial charge in [-0.05, 0) is 49.6 Å². The van der Waals surface area contributed by atoms with Gasteiger partial charge in [-0.15, -0.1) is 0 Å². The molecule has 1 aliphatic carbocycles. The van der Waals surface area contributed by atoms with Crippen LogP contribution in [0.2, 0.25) is 0 Å². The second-order valence-electron chi connectivity index (χ2n) is 13.9. The number of rotatable bonds is 11. The van der Waals surface area contributed by atoms with E-state index in [0.717, 1.165) is 9.80 Å². The fraction of sp³-hybridized carbons (Fsp3) is 0.395. The fourth-order valence-corrected chi connectivity index (χ4v) is 6.30. The van der Waals surface area contributed by atoms with E-state index < -0.39 is 73.2 Å². The lowest BCUT2D eigenvalue weighted by Crippen LogP contribution is -2.49. The van der Waals surface area contributed by atoms with Crippen molar-refractivity contribution in [1.29, 1.82) is 0 Å². The number of ether oxygens (including phenoxy) is 2. The van der Waals surface area contributed by atoms with Crippen LogP contribution in [0.15, 0.2) is 72.8 Å². The van der Waals surface area contributed by atoms with Gasteiger partial charge < -0.3 is 29.9 Å². The normalized spacial score (nSPS) is 18.5. The Balaban J connectivity index is 1.33. The van der Waals surface area contributed by atoms with Gasteiger partial charge in [-0.25, -0.2) is 14.0 Å². The van der Waals surface area contributed by atoms with E-state index in [4.69, 9.17) is 9.47 Å². The van der Waals surface area contributed by atoms with Gasteiger partial charge in [-0.2, -0.15) is 8.78 Å². The minimum Gasteiger partial charge on any atom is -0.459 e. The number of esters is 1. The number of alkyl halides is 3. The largest absolute Gasteiger partial charge is 0.459 e. The third-order valence-corrected chi connectivity index (χ3v) is 8.66. The SMILES string of the molecule is CC(=O)NCCN(C[C@@]1(F)C[C@@H](C(=O)OCc2ccccc2)N(C(=O)CNC(=O)c2ccc3c(c2)-c2ccccc2C3(F)F)C1)C(=O)OC(C)(C)C. The van der Waals surface area contributed by atoms with Crippen molar-refractivity contribution in [2.75, 3.05) is 32.7 Å². The standard InChI is InChI=1S/C38H41F3N4O7/c1-24(46)42-16-17-44(35(50)52-36(2,3)4)22-37(39)19-31(34(49)51-21-25-10-6-5-7-11-25)45(23-37)32(47)20-43-33(48)26-14-15-30-28(18-26)27-12-8-9-13-29(27)38(30,40)41/h5-15,18,31H,16-17,19-23H2,1-4H3,(H,42,46)(H,43,48)/t31-,37-/m0/s1. The van der Waals surface area contributed by atoms with E-state index in [2.05, 4.69) is 10.6 Å². The summed E-state index contributed by atoms with van der Waals surface area (Å²) in [6.07, 6.45) is -1.39. The number of nitrogens with zero attached hydrogens (tertiary/aromatic N) is 2. The Morgan fingerprint density at radius 1 is 0.904 bits per heavy atom. The Hall–Kier alpha value is -5.40. The van der Waals surface area contributed by atoms with Crippen LogP contribution in [0.25, 0.3) is 11.1 Å². The summed E-state index contributed by atoms with van der Waals surface area (Å²) >= 11 is 0. The molecule has 3 aromatic rings. The predicted octanol–water partition coefficient (Wildman–Crippen LogP) is 4.96. The maximum atomic E-state index is 16.8. The summed E-state index contributed by atoms with van der Waals surface area (Å²) < 4.78 is 57.8. The first kappa shape index (κ1) is 37.8. The summed E-state index contributed by atoms with van der Waals surface area (Å²) in [4.78, 5) is 66.9. The summed E-state index contributed by atoms with van der Waals surface area (Å²) in [5, 5.41) is 5.02. The van der Waals surface area contributed by atoms with Crippen LogP contribution in [0.1, 0.15) is 61.2 Å². The molecule has 4 amide bonds. The lowest BCUT2D eigenvalue weighted by atomic mass is 10.0. The van der Waals surface area contributed by atoms with Gasteiger partial charge in [0.05, 0.1) is 19.6 Å². The molecule has 11 nitrogen and oxygen atoms in total. The molecule has 0 radical (unpaired) electrons. The Labute approximate surface area is 299 Å². The smallest absolute Gasteiger partial charge is 0.410 e. The summed E-state index contributed by atoms with van der Waals surface area (Å²) in [7, 11) is 0. The minimum absolute atomic E-state index is 0.00615. The van der Waals surface area contributed by atoms with E-state index in [9.17, 15) is 24.0 Å². The molecular formula is C38H41F3N4O7. The van der Waals surface area contributed by atoms with Gasteiger partial charge in [0.1, 0.15) is 23.9 Å². The van der Waals surface area contributed by atoms with Gasteiger partial charge in [0.15, 0.2) is 0 Å². The first-order chi connectivity index (χ1) is 24.5. The number of amides is 4. The highest BCUT2D eigenvalue weighted by atomic mass is 19.3. The molecule has 14 heteroatoms. The summed E-state index contributed by atoms with van der Waals surface area (Å²) in [5.74, 6) is -6.04. The molecule has 1 heterocycles. The highest BCUT2D eigenvalue weighted by Gasteiger charge is 2.51. The van der Waals surface area contributed by atoms with Crippen molar-refractivity contribution < 1.29 is 46.6 Å². The molecule has 1 fully saturated rings. The monoisotopic (exact) mass is 722 g/mol. The Kier molecular flexibility index (Phi) is 11.0. The lowest BCUT2D eigenvalue weighted by molar-refractivity contribution is -0.154. The molecule has 52 heavy (non-hydrogen) atoms. The molecule has 0 unspecified atom stereocenters. The molecular weight excluding hydrogens is 681 g/mol. The number of nitrogens with one attached hydrogen (secondary N) is 2. The number of carbonyl (C=O) groups excluding carboxylic acids is 5. The van der Waals surface area contributed by atoms with Gasteiger partial charge >= 0.3 is 12.1 Å². The molecule has 3 aromatic carbocycles. The molecule has 0 saturated carbocycles. The number of carbonyl (C=O) groups is 5. The zero-order valence-electron chi connectivity index (χ0n) is 29.3. The molecule has 2 N–H and O–H groups in total. The van der Waals surface area contributed by atoms with Crippen LogP contribution in [0.5, 0.6) is 0 Å². The van der Waals surface area contributed by atoms with Crippen molar-refractivity contribution in [3.63, 3.8) is 0 Å². The predicted molar refractivity (Wildman–Crippen MR) is 184 cm³/mol. The molecule has 276 valence electrons. The number of halogens is 3. The van der Waals surface area contributed by atoms with E-state index in [1.54, 1.807) is 57.2 Å². The van der Waals surface area contributed by atoms with Crippen molar-refractivity contribution in [3.8, 4) is 11.1 Å². The van der Waals surface area contributed by atoms with Gasteiger partial charge in [-0.1, -0.05) is 60.7 Å². The molecule has 2 atom stereocenters. The van der Waals surface area contributed by atoms with E-state index in [1.165, 1.54) is 43.3 Å². The third-order valence-electron chi connectivity index (χ3n) is 8.66. The quantitative estimate of drug-likeness (QED) is 0.267. The lowest BCUT2D eigenvalue weighted by Gasteiger charge is -2.31. The molecule has 0 aromatic heterocycles. The Bertz CT molecular complexity index is 1850. The van der Waals surface area contributed by atoms with Crippen molar-refractivity contribution in [2.45, 2.75) is 64.0 Å². The molecule has 1 saturated heterocycles. The average molecular weight is 723 g/mol. The van der Waals surface area contributed by atoms with Gasteiger partial charge in [0.25, 0.3) is 11.8 Å². The maximum Gasteiger partial charge on any atom is 0.410 e. The Morgan fingerprint density at radius 3 is 2.27 bits per heavy atom. The van der Waals surface area contributed by atoms with Crippen LogP contribution in [0, 0.1) is 0 Å². The first-order valence-corrected chi connectivity index (χ1v) is 16.8. The summed E-state index contributed by atoms with van der Waals surface area (Å²) in [6, 6.07) is 17.1. The molecule has 2 aliphatic rings. The van der Waals surface area contributed by atoms with Crippen molar-refractivity contribution in [1.82, 2.24) is 20.4 Å². The van der Waals surface area contributed by atoms with Crippen molar-refractivity contribution in [3.05, 3.63) is 95.1 Å². The number of hydrogen-bond acceptors (Lipinski definition) is 7. The zero-order chi connectivity index (χ0) is 37.8. The topological polar surface area (TPSA) is 134 Å². The number of hydrogen-bond donors (Lipinski definition) is 2. The van der Waals surface area contributed by atoms with E-state index in [0.29, 0.717) is 11.1 Å². The van der Waals surface area contributed by atoms with E-state index in [1.807, 2.05) is 0 Å². The van der Waals surface area contributed by atoms with E-state index in [-0.39, 0.29) is 47.9 Å². The van der Waals surface area contributed by atoms with Crippen LogP contribution < -0.4 is 10.6 Å². The van der Waals surface area contributed by atoms with Crippen LogP contribution in [-0.4, -0.2) is 89.6 Å². The van der Waals surface area contributed by atoms with Gasteiger partial charge in [0.2, 0.25) is 11.8 Å². The Morgan fingerprint density at radius 2 is 1.58 bits per heavy atom. The minimum atomic E-state index is -3.24. The van der Waals surface area contributed by atoms with Crippen LogP contribution in [-0.2, 0) is 36.4 Å². The molecule has 1 aliphatic heterocycles. The highest BCUT2D eigenvalue weighted by molar-refractivity contribution is 5.99. The number of benzene rings is 3.